The van der Waals surface area contributed by atoms with Gasteiger partial charge in [-0.05, 0) is 13.0 Å². The van der Waals surface area contributed by atoms with Crippen molar-refractivity contribution < 1.29 is 25.5 Å². The third kappa shape index (κ3) is 2.96. The van der Waals surface area contributed by atoms with Crippen LogP contribution in [0.15, 0.2) is 0 Å². The van der Waals surface area contributed by atoms with Gasteiger partial charge in [0.1, 0.15) is 18.3 Å². The van der Waals surface area contributed by atoms with Gasteiger partial charge in [-0.15, -0.1) is 0 Å². The number of aliphatic hydroxyl groups is 5. The van der Waals surface area contributed by atoms with Crippen LogP contribution in [-0.4, -0.2) is 80.6 Å². The molecular formula is C11H23NO5. The van der Waals surface area contributed by atoms with Crippen molar-refractivity contribution in [1.29, 1.82) is 0 Å². The molecule has 0 aliphatic carbocycles. The number of piperidine rings is 1. The molecule has 0 aromatic rings. The molecular weight excluding hydrogens is 226 g/mol. The fraction of sp³-hybridized carbons (Fsp3) is 1.00. The number of likely N-dealkylation sites (tertiary alicyclic amines) is 1. The molecule has 17 heavy (non-hydrogen) atoms. The van der Waals surface area contributed by atoms with E-state index >= 15 is 0 Å². The second-order valence-electron chi connectivity index (χ2n) is 4.56. The summed E-state index contributed by atoms with van der Waals surface area (Å²) in [5, 5.41) is 47.8. The molecule has 0 aromatic heterocycles. The Labute approximate surface area is 101 Å². The molecule has 1 aliphatic rings. The average molecular weight is 249 g/mol. The first-order chi connectivity index (χ1) is 8.08. The van der Waals surface area contributed by atoms with Crippen molar-refractivity contribution >= 4 is 0 Å². The molecule has 6 nitrogen and oxygen atoms in total. The SMILES string of the molecule is CCCCN1[C@H](CO)[C@H](O)C(O)[C@@H](O)[C@H]1CO. The van der Waals surface area contributed by atoms with Crippen LogP contribution in [0.5, 0.6) is 0 Å². The summed E-state index contributed by atoms with van der Waals surface area (Å²) in [5.41, 5.74) is 0. The minimum atomic E-state index is -1.33. The zero-order valence-electron chi connectivity index (χ0n) is 10.1. The van der Waals surface area contributed by atoms with E-state index in [4.69, 9.17) is 0 Å². The van der Waals surface area contributed by atoms with Gasteiger partial charge in [0.2, 0.25) is 0 Å². The fourth-order valence-electron chi connectivity index (χ4n) is 2.39. The highest BCUT2D eigenvalue weighted by Gasteiger charge is 2.46. The van der Waals surface area contributed by atoms with Crippen LogP contribution in [0.2, 0.25) is 0 Å². The van der Waals surface area contributed by atoms with Gasteiger partial charge < -0.3 is 25.5 Å². The first-order valence-electron chi connectivity index (χ1n) is 6.10. The Morgan fingerprint density at radius 3 is 1.71 bits per heavy atom. The second kappa shape index (κ2) is 6.63. The van der Waals surface area contributed by atoms with Crippen LogP contribution < -0.4 is 0 Å². The summed E-state index contributed by atoms with van der Waals surface area (Å²) < 4.78 is 0. The van der Waals surface area contributed by atoms with Crippen LogP contribution >= 0.6 is 0 Å². The predicted octanol–water partition coefficient (Wildman–Crippen LogP) is -2.09. The number of nitrogens with zero attached hydrogens (tertiary/aromatic N) is 1. The number of hydrogen-bond acceptors (Lipinski definition) is 6. The highest BCUT2D eigenvalue weighted by molar-refractivity contribution is 4.99. The molecule has 0 unspecified atom stereocenters. The van der Waals surface area contributed by atoms with Crippen molar-refractivity contribution in [2.24, 2.45) is 0 Å². The highest BCUT2D eigenvalue weighted by atomic mass is 16.4. The lowest BCUT2D eigenvalue weighted by molar-refractivity contribution is -0.177. The molecule has 1 aliphatic heterocycles. The van der Waals surface area contributed by atoms with Crippen LogP contribution in [0.1, 0.15) is 19.8 Å². The Morgan fingerprint density at radius 1 is 0.882 bits per heavy atom. The molecule has 0 amide bonds. The van der Waals surface area contributed by atoms with E-state index in [-0.39, 0.29) is 13.2 Å². The lowest BCUT2D eigenvalue weighted by atomic mass is 9.88. The van der Waals surface area contributed by atoms with Crippen LogP contribution in [0, 0.1) is 0 Å². The van der Waals surface area contributed by atoms with Gasteiger partial charge in [-0.1, -0.05) is 13.3 Å². The van der Waals surface area contributed by atoms with Gasteiger partial charge in [-0.3, -0.25) is 4.90 Å². The number of rotatable bonds is 5. The van der Waals surface area contributed by atoms with E-state index in [1.165, 1.54) is 0 Å². The standard InChI is InChI=1S/C11H23NO5/c1-2-3-4-12-7(5-13)9(15)11(17)10(16)8(12)6-14/h7-11,13-17H,2-6H2,1H3/t7-,8-,9+,10+/m1/s1. The van der Waals surface area contributed by atoms with Crippen molar-refractivity contribution in [1.82, 2.24) is 4.90 Å². The van der Waals surface area contributed by atoms with E-state index in [0.29, 0.717) is 6.54 Å². The summed E-state index contributed by atoms with van der Waals surface area (Å²) in [6, 6.07) is -1.28. The topological polar surface area (TPSA) is 104 Å². The summed E-state index contributed by atoms with van der Waals surface area (Å²) in [4.78, 5) is 1.69. The normalized spacial score (nSPS) is 39.5. The molecule has 1 rings (SSSR count). The van der Waals surface area contributed by atoms with Crippen LogP contribution in [0.25, 0.3) is 0 Å². The maximum atomic E-state index is 9.80. The van der Waals surface area contributed by atoms with Gasteiger partial charge in [0.15, 0.2) is 0 Å². The molecule has 1 fully saturated rings. The Kier molecular flexibility index (Phi) is 5.78. The van der Waals surface area contributed by atoms with Gasteiger partial charge in [0, 0.05) is 0 Å². The minimum absolute atomic E-state index is 0.314. The lowest BCUT2D eigenvalue weighted by Crippen LogP contribution is -2.68. The van der Waals surface area contributed by atoms with Crippen molar-refractivity contribution in [3.05, 3.63) is 0 Å². The number of hydrogen-bond donors (Lipinski definition) is 5. The van der Waals surface area contributed by atoms with E-state index < -0.39 is 30.4 Å². The maximum Gasteiger partial charge on any atom is 0.109 e. The monoisotopic (exact) mass is 249 g/mol. The Balaban J connectivity index is 2.84. The second-order valence-corrected chi connectivity index (χ2v) is 4.56. The summed E-state index contributed by atoms with van der Waals surface area (Å²) in [7, 11) is 0. The number of aliphatic hydroxyl groups excluding tert-OH is 5. The Hall–Kier alpha value is -0.240. The fourth-order valence-corrected chi connectivity index (χ4v) is 2.39. The molecule has 5 N–H and O–H groups in total. The molecule has 102 valence electrons. The molecule has 1 saturated heterocycles. The van der Waals surface area contributed by atoms with Crippen molar-refractivity contribution in [3.8, 4) is 0 Å². The molecule has 0 bridgehead atoms. The van der Waals surface area contributed by atoms with E-state index in [1.807, 2.05) is 6.92 Å². The molecule has 6 heteroatoms. The zero-order chi connectivity index (χ0) is 13.0. The van der Waals surface area contributed by atoms with E-state index in [0.717, 1.165) is 12.8 Å². The zero-order valence-corrected chi connectivity index (χ0v) is 10.1. The number of unbranched alkanes of at least 4 members (excludes halogenated alkanes) is 1. The quantitative estimate of drug-likeness (QED) is 0.382. The van der Waals surface area contributed by atoms with Crippen molar-refractivity contribution in [3.63, 3.8) is 0 Å². The van der Waals surface area contributed by atoms with Gasteiger partial charge in [-0.2, -0.15) is 0 Å². The highest BCUT2D eigenvalue weighted by Crippen LogP contribution is 2.24. The largest absolute Gasteiger partial charge is 0.395 e. The third-order valence-corrected chi connectivity index (χ3v) is 3.48. The smallest absolute Gasteiger partial charge is 0.109 e. The van der Waals surface area contributed by atoms with Gasteiger partial charge in [0.05, 0.1) is 25.3 Å². The molecule has 0 radical (unpaired) electrons. The predicted molar refractivity (Wildman–Crippen MR) is 61.4 cm³/mol. The summed E-state index contributed by atoms with van der Waals surface area (Å²) >= 11 is 0. The van der Waals surface area contributed by atoms with Gasteiger partial charge in [0.25, 0.3) is 0 Å². The van der Waals surface area contributed by atoms with Crippen molar-refractivity contribution in [2.45, 2.75) is 50.2 Å². The molecule has 0 aromatic carbocycles. The minimum Gasteiger partial charge on any atom is -0.395 e. The van der Waals surface area contributed by atoms with E-state index in [9.17, 15) is 25.5 Å². The van der Waals surface area contributed by atoms with Crippen LogP contribution in [0.4, 0.5) is 0 Å². The average Bonchev–Trinajstić information content (AvgIpc) is 2.34. The molecule has 4 atom stereocenters. The Bertz CT molecular complexity index is 210. The van der Waals surface area contributed by atoms with Gasteiger partial charge >= 0.3 is 0 Å². The third-order valence-electron chi connectivity index (χ3n) is 3.48. The van der Waals surface area contributed by atoms with E-state index in [1.54, 1.807) is 4.90 Å². The Morgan fingerprint density at radius 2 is 1.35 bits per heavy atom. The van der Waals surface area contributed by atoms with E-state index in [2.05, 4.69) is 0 Å². The maximum absolute atomic E-state index is 9.80. The molecule has 1 heterocycles. The first-order valence-corrected chi connectivity index (χ1v) is 6.10. The van der Waals surface area contributed by atoms with Crippen molar-refractivity contribution in [2.75, 3.05) is 19.8 Å². The van der Waals surface area contributed by atoms with Gasteiger partial charge in [-0.25, -0.2) is 0 Å². The molecule has 0 spiro atoms. The summed E-state index contributed by atoms with van der Waals surface area (Å²) in [5.74, 6) is 0. The molecule has 0 saturated carbocycles. The first kappa shape index (κ1) is 14.8. The summed E-state index contributed by atoms with van der Waals surface area (Å²) in [6.07, 6.45) is -1.96. The van der Waals surface area contributed by atoms with Crippen LogP contribution in [-0.2, 0) is 0 Å². The van der Waals surface area contributed by atoms with Crippen LogP contribution in [0.3, 0.4) is 0 Å². The lowest BCUT2D eigenvalue weighted by Gasteiger charge is -2.48. The summed E-state index contributed by atoms with van der Waals surface area (Å²) in [6.45, 7) is 1.94.